The zero-order valence-corrected chi connectivity index (χ0v) is 17.1. The molecule has 1 aliphatic rings. The lowest BCUT2D eigenvalue weighted by atomic mass is 10.2. The van der Waals surface area contributed by atoms with Crippen molar-refractivity contribution in [2.45, 2.75) is 39.8 Å². The molecule has 1 aliphatic heterocycles. The van der Waals surface area contributed by atoms with Crippen LogP contribution in [-0.2, 0) is 11.8 Å². The summed E-state index contributed by atoms with van der Waals surface area (Å²) in [6, 6.07) is 1.73. The van der Waals surface area contributed by atoms with E-state index >= 15 is 0 Å². The van der Waals surface area contributed by atoms with Gasteiger partial charge in [0.15, 0.2) is 5.58 Å². The maximum atomic E-state index is 13.1. The fourth-order valence-electron chi connectivity index (χ4n) is 4.11. The molecule has 8 nitrogen and oxygen atoms in total. The molecule has 0 bridgehead atoms. The average Bonchev–Trinajstić information content (AvgIpc) is 3.18. The summed E-state index contributed by atoms with van der Waals surface area (Å²) in [6.45, 7) is 11.0. The van der Waals surface area contributed by atoms with Crippen LogP contribution in [0.2, 0.25) is 0 Å². The normalized spacial score (nSPS) is 17.1. The molecule has 4 rings (SSSR count). The molecule has 0 saturated carbocycles. The van der Waals surface area contributed by atoms with E-state index in [0.29, 0.717) is 35.6 Å². The fourth-order valence-corrected chi connectivity index (χ4v) is 4.11. The predicted molar refractivity (Wildman–Crippen MR) is 107 cm³/mol. The largest absolute Gasteiger partial charge is 0.459 e. The van der Waals surface area contributed by atoms with Gasteiger partial charge in [-0.25, -0.2) is 4.68 Å². The minimum absolute atomic E-state index is 0.0638. The minimum Gasteiger partial charge on any atom is -0.459 e. The van der Waals surface area contributed by atoms with Crippen molar-refractivity contribution in [2.24, 2.45) is 7.05 Å². The molecule has 28 heavy (non-hydrogen) atoms. The highest BCUT2D eigenvalue weighted by atomic mass is 16.3. The number of nitrogens with zero attached hydrogens (tertiary/aromatic N) is 5. The Morgan fingerprint density at radius 1 is 1.18 bits per heavy atom. The quantitative estimate of drug-likeness (QED) is 0.688. The molecular weight excluding hydrogens is 358 g/mol. The van der Waals surface area contributed by atoms with Gasteiger partial charge in [0.05, 0.1) is 17.1 Å². The summed E-state index contributed by atoms with van der Waals surface area (Å²) in [5, 5.41) is 4.99. The monoisotopic (exact) mass is 385 g/mol. The first kappa shape index (κ1) is 18.7. The lowest BCUT2D eigenvalue weighted by Gasteiger charge is -2.37. The molecule has 1 saturated heterocycles. The Morgan fingerprint density at radius 3 is 2.50 bits per heavy atom. The van der Waals surface area contributed by atoms with Gasteiger partial charge in [0.2, 0.25) is 5.91 Å². The molecule has 0 aromatic carbocycles. The molecular formula is C20H27N5O3. The van der Waals surface area contributed by atoms with E-state index in [2.05, 4.69) is 23.8 Å². The number of fused-ring (bicyclic) bond motifs is 3. The number of amides is 1. The summed E-state index contributed by atoms with van der Waals surface area (Å²) >= 11 is 0. The highest BCUT2D eigenvalue weighted by Crippen LogP contribution is 2.28. The van der Waals surface area contributed by atoms with Gasteiger partial charge in [-0.15, -0.1) is 0 Å². The zero-order chi connectivity index (χ0) is 20.2. The van der Waals surface area contributed by atoms with Crippen molar-refractivity contribution in [3.05, 3.63) is 28.4 Å². The van der Waals surface area contributed by atoms with Gasteiger partial charge >= 0.3 is 0 Å². The van der Waals surface area contributed by atoms with Crippen LogP contribution < -0.4 is 5.56 Å². The summed E-state index contributed by atoms with van der Waals surface area (Å²) in [7, 11) is 1.84. The van der Waals surface area contributed by atoms with Crippen LogP contribution in [0.3, 0.4) is 0 Å². The van der Waals surface area contributed by atoms with Crippen molar-refractivity contribution in [3.63, 3.8) is 0 Å². The van der Waals surface area contributed by atoms with Crippen molar-refractivity contribution >= 4 is 27.9 Å². The van der Waals surface area contributed by atoms with Crippen LogP contribution in [0.5, 0.6) is 0 Å². The number of hydrogen-bond donors (Lipinski definition) is 0. The Bertz CT molecular complexity index is 1100. The smallest absolute Gasteiger partial charge is 0.292 e. The van der Waals surface area contributed by atoms with E-state index < -0.39 is 6.04 Å². The number of aromatic nitrogens is 3. The van der Waals surface area contributed by atoms with Crippen LogP contribution in [0.1, 0.15) is 32.6 Å². The van der Waals surface area contributed by atoms with E-state index in [4.69, 9.17) is 4.42 Å². The van der Waals surface area contributed by atoms with Gasteiger partial charge in [-0.05, 0) is 27.7 Å². The first-order valence-corrected chi connectivity index (χ1v) is 9.78. The van der Waals surface area contributed by atoms with E-state index in [1.807, 2.05) is 29.5 Å². The number of carbonyl (C=O) groups excluding carboxylic acids is 1. The molecule has 0 N–H and O–H groups in total. The molecule has 0 spiro atoms. The number of aryl methyl sites for hydroxylation is 2. The first-order valence-electron chi connectivity index (χ1n) is 9.78. The van der Waals surface area contributed by atoms with E-state index in [1.54, 1.807) is 13.1 Å². The van der Waals surface area contributed by atoms with Gasteiger partial charge in [-0.2, -0.15) is 5.10 Å². The summed E-state index contributed by atoms with van der Waals surface area (Å²) < 4.78 is 8.86. The SMILES string of the molecule is Cc1cc2c(o1)c1cnn(C(C)C(=O)N3CCN(C(C)C)CC3)c(=O)c1n2C. The van der Waals surface area contributed by atoms with Gasteiger partial charge in [0.1, 0.15) is 17.3 Å². The fraction of sp³-hybridized carbons (Fsp3) is 0.550. The topological polar surface area (TPSA) is 76.5 Å². The summed E-state index contributed by atoms with van der Waals surface area (Å²) in [5.74, 6) is 0.724. The Labute approximate surface area is 163 Å². The van der Waals surface area contributed by atoms with Crippen LogP contribution in [0.25, 0.3) is 22.0 Å². The number of carbonyl (C=O) groups is 1. The number of furan rings is 1. The van der Waals surface area contributed by atoms with Crippen molar-refractivity contribution in [3.8, 4) is 0 Å². The third kappa shape index (κ3) is 2.83. The summed E-state index contributed by atoms with van der Waals surface area (Å²) in [4.78, 5) is 30.3. The Kier molecular flexibility index (Phi) is 4.53. The Morgan fingerprint density at radius 2 is 1.86 bits per heavy atom. The van der Waals surface area contributed by atoms with Crippen molar-refractivity contribution in [1.82, 2.24) is 24.1 Å². The van der Waals surface area contributed by atoms with Gasteiger partial charge < -0.3 is 13.9 Å². The minimum atomic E-state index is -0.648. The zero-order valence-electron chi connectivity index (χ0n) is 17.1. The Balaban J connectivity index is 1.65. The molecule has 4 heterocycles. The van der Waals surface area contributed by atoms with Crippen LogP contribution in [0.15, 0.2) is 21.5 Å². The van der Waals surface area contributed by atoms with Gasteiger partial charge in [0, 0.05) is 45.3 Å². The number of hydrogen-bond acceptors (Lipinski definition) is 5. The van der Waals surface area contributed by atoms with Crippen molar-refractivity contribution in [2.75, 3.05) is 26.2 Å². The standard InChI is InChI=1S/C20H27N5O3/c1-12(2)23-6-8-24(9-7-23)19(26)14(4)25-20(27)17-15(11-21-25)18-16(22(17)5)10-13(3)28-18/h10-12,14H,6-9H2,1-5H3. The van der Waals surface area contributed by atoms with Gasteiger partial charge in [-0.1, -0.05) is 0 Å². The lowest BCUT2D eigenvalue weighted by molar-refractivity contribution is -0.136. The van der Waals surface area contributed by atoms with E-state index in [-0.39, 0.29) is 11.5 Å². The summed E-state index contributed by atoms with van der Waals surface area (Å²) in [6.07, 6.45) is 1.63. The van der Waals surface area contributed by atoms with Crippen LogP contribution in [-0.4, -0.2) is 62.3 Å². The molecule has 3 aromatic heterocycles. The second-order valence-electron chi connectivity index (χ2n) is 7.92. The molecule has 0 radical (unpaired) electrons. The molecule has 1 atom stereocenters. The van der Waals surface area contributed by atoms with Gasteiger partial charge in [0.25, 0.3) is 5.56 Å². The number of rotatable bonds is 3. The van der Waals surface area contributed by atoms with E-state index in [1.165, 1.54) is 4.68 Å². The third-order valence-corrected chi connectivity index (χ3v) is 5.83. The van der Waals surface area contributed by atoms with E-state index in [9.17, 15) is 9.59 Å². The molecule has 1 unspecified atom stereocenters. The van der Waals surface area contributed by atoms with E-state index in [0.717, 1.165) is 24.4 Å². The van der Waals surface area contributed by atoms with Crippen LogP contribution in [0, 0.1) is 6.92 Å². The second kappa shape index (κ2) is 6.77. The maximum Gasteiger partial charge on any atom is 0.292 e. The molecule has 8 heteroatoms. The molecule has 3 aromatic rings. The summed E-state index contributed by atoms with van der Waals surface area (Å²) in [5.41, 5.74) is 1.75. The molecule has 1 amide bonds. The first-order chi connectivity index (χ1) is 13.3. The highest BCUT2D eigenvalue weighted by Gasteiger charge is 2.29. The number of piperazine rings is 1. The highest BCUT2D eigenvalue weighted by molar-refractivity contribution is 6.04. The maximum absolute atomic E-state index is 13.1. The predicted octanol–water partition coefficient (Wildman–Crippen LogP) is 1.90. The average molecular weight is 385 g/mol. The Hall–Kier alpha value is -2.61. The molecule has 1 fully saturated rings. The molecule has 0 aliphatic carbocycles. The van der Waals surface area contributed by atoms with Crippen LogP contribution >= 0.6 is 0 Å². The van der Waals surface area contributed by atoms with Crippen LogP contribution in [0.4, 0.5) is 0 Å². The van der Waals surface area contributed by atoms with Gasteiger partial charge in [-0.3, -0.25) is 14.5 Å². The molecule has 150 valence electrons. The van der Waals surface area contributed by atoms with Crippen molar-refractivity contribution < 1.29 is 9.21 Å². The third-order valence-electron chi connectivity index (χ3n) is 5.83. The van der Waals surface area contributed by atoms with Crippen molar-refractivity contribution in [1.29, 1.82) is 0 Å². The second-order valence-corrected chi connectivity index (χ2v) is 7.92. The lowest BCUT2D eigenvalue weighted by Crippen LogP contribution is -2.52.